The van der Waals surface area contributed by atoms with E-state index in [-0.39, 0.29) is 16.6 Å². The van der Waals surface area contributed by atoms with Crippen LogP contribution in [0.25, 0.3) is 0 Å². The molecule has 0 aromatic heterocycles. The summed E-state index contributed by atoms with van der Waals surface area (Å²) in [5.74, 6) is -1.69. The summed E-state index contributed by atoms with van der Waals surface area (Å²) in [4.78, 5) is 23.4. The molecule has 0 aliphatic carbocycles. The molecule has 0 saturated heterocycles. The van der Waals surface area contributed by atoms with E-state index in [0.29, 0.717) is 17.1 Å². The first kappa shape index (κ1) is 18.7. The third-order valence-electron chi connectivity index (χ3n) is 3.05. The van der Waals surface area contributed by atoms with Crippen molar-refractivity contribution in [2.45, 2.75) is 11.8 Å². The van der Waals surface area contributed by atoms with Gasteiger partial charge in [0.25, 0.3) is 0 Å². The van der Waals surface area contributed by atoms with Crippen LogP contribution in [0.5, 0.6) is 5.75 Å². The Balaban J connectivity index is 2.04. The predicted octanol–water partition coefficient (Wildman–Crippen LogP) is 3.66. The molecule has 0 unspecified atom stereocenters. The van der Waals surface area contributed by atoms with Gasteiger partial charge in [-0.3, -0.25) is 9.59 Å². The Kier molecular flexibility index (Phi) is 6.35. The van der Waals surface area contributed by atoms with Gasteiger partial charge in [-0.1, -0.05) is 0 Å². The van der Waals surface area contributed by atoms with Crippen molar-refractivity contribution in [2.75, 3.05) is 23.5 Å². The monoisotopic (exact) mass is 366 g/mol. The van der Waals surface area contributed by atoms with Crippen LogP contribution >= 0.6 is 11.8 Å². The molecule has 2 aromatic carbocycles. The molecule has 0 atom stereocenters. The Bertz CT molecular complexity index is 799. The SMILES string of the molecule is COc1ccc(NC(C)=O)cc1NC(=O)CSc1ccc(F)cc1F. The first-order valence-corrected chi connectivity index (χ1v) is 8.21. The van der Waals surface area contributed by atoms with Gasteiger partial charge < -0.3 is 15.4 Å². The van der Waals surface area contributed by atoms with Crippen molar-refractivity contribution < 1.29 is 23.1 Å². The van der Waals surface area contributed by atoms with Crippen LogP contribution in [0.15, 0.2) is 41.3 Å². The highest BCUT2D eigenvalue weighted by Crippen LogP contribution is 2.29. The second-order valence-electron chi connectivity index (χ2n) is 5.01. The summed E-state index contributed by atoms with van der Waals surface area (Å²) in [7, 11) is 1.45. The second-order valence-corrected chi connectivity index (χ2v) is 6.03. The van der Waals surface area contributed by atoms with Crippen LogP contribution < -0.4 is 15.4 Å². The second kappa shape index (κ2) is 8.48. The molecule has 0 fully saturated rings. The quantitative estimate of drug-likeness (QED) is 0.766. The lowest BCUT2D eigenvalue weighted by molar-refractivity contribution is -0.114. The van der Waals surface area contributed by atoms with Crippen molar-refractivity contribution in [3.8, 4) is 5.75 Å². The maximum atomic E-state index is 13.6. The molecule has 5 nitrogen and oxygen atoms in total. The van der Waals surface area contributed by atoms with Gasteiger partial charge in [-0.25, -0.2) is 8.78 Å². The normalized spacial score (nSPS) is 10.2. The minimum absolute atomic E-state index is 0.0733. The average Bonchev–Trinajstić information content (AvgIpc) is 2.54. The zero-order valence-electron chi connectivity index (χ0n) is 13.6. The molecule has 2 N–H and O–H groups in total. The van der Waals surface area contributed by atoms with E-state index in [1.54, 1.807) is 18.2 Å². The number of ether oxygens (including phenoxy) is 1. The number of rotatable bonds is 6. The van der Waals surface area contributed by atoms with Crippen molar-refractivity contribution in [2.24, 2.45) is 0 Å². The van der Waals surface area contributed by atoms with Crippen LogP contribution in [-0.4, -0.2) is 24.7 Å². The maximum absolute atomic E-state index is 13.6. The van der Waals surface area contributed by atoms with E-state index < -0.39 is 17.5 Å². The molecule has 2 rings (SSSR count). The summed E-state index contributed by atoms with van der Waals surface area (Å²) in [5.41, 5.74) is 0.875. The van der Waals surface area contributed by atoms with Crippen LogP contribution in [-0.2, 0) is 9.59 Å². The summed E-state index contributed by atoms with van der Waals surface area (Å²) >= 11 is 0.947. The fourth-order valence-corrected chi connectivity index (χ4v) is 2.73. The highest BCUT2D eigenvalue weighted by Gasteiger charge is 2.11. The Labute approximate surface area is 147 Å². The Morgan fingerprint density at radius 2 is 1.88 bits per heavy atom. The fourth-order valence-electron chi connectivity index (χ4n) is 2.01. The lowest BCUT2D eigenvalue weighted by atomic mass is 10.2. The van der Waals surface area contributed by atoms with Gasteiger partial charge in [0.15, 0.2) is 0 Å². The predicted molar refractivity (Wildman–Crippen MR) is 93.0 cm³/mol. The van der Waals surface area contributed by atoms with Crippen LogP contribution in [0.1, 0.15) is 6.92 Å². The summed E-state index contributed by atoms with van der Waals surface area (Å²) in [6.07, 6.45) is 0. The number of hydrogen-bond acceptors (Lipinski definition) is 4. The number of anilines is 2. The molecule has 0 aliphatic rings. The summed E-state index contributed by atoms with van der Waals surface area (Å²) in [6, 6.07) is 7.97. The molecule has 0 spiro atoms. The number of halogens is 2. The Hall–Kier alpha value is -2.61. The van der Waals surface area contributed by atoms with E-state index in [1.807, 2.05) is 0 Å². The van der Waals surface area contributed by atoms with Gasteiger partial charge in [-0.05, 0) is 30.3 Å². The number of benzene rings is 2. The number of carbonyl (C=O) groups is 2. The molecule has 2 aromatic rings. The van der Waals surface area contributed by atoms with Gasteiger partial charge >= 0.3 is 0 Å². The van der Waals surface area contributed by atoms with Crippen molar-refractivity contribution in [1.82, 2.24) is 0 Å². The van der Waals surface area contributed by atoms with E-state index in [9.17, 15) is 18.4 Å². The van der Waals surface area contributed by atoms with Gasteiger partial charge in [-0.2, -0.15) is 0 Å². The lowest BCUT2D eigenvalue weighted by Gasteiger charge is -2.12. The zero-order chi connectivity index (χ0) is 18.4. The van der Waals surface area contributed by atoms with E-state index in [2.05, 4.69) is 10.6 Å². The standard InChI is InChI=1S/C17H16F2N2O3S/c1-10(22)20-12-4-5-15(24-2)14(8-12)21-17(23)9-25-16-6-3-11(18)7-13(16)19/h3-8H,9H2,1-2H3,(H,20,22)(H,21,23). The third-order valence-corrected chi connectivity index (χ3v) is 4.10. The van der Waals surface area contributed by atoms with E-state index >= 15 is 0 Å². The molecule has 25 heavy (non-hydrogen) atoms. The Morgan fingerprint density at radius 1 is 1.12 bits per heavy atom. The van der Waals surface area contributed by atoms with Crippen molar-refractivity contribution in [3.05, 3.63) is 48.0 Å². The highest BCUT2D eigenvalue weighted by molar-refractivity contribution is 8.00. The first-order valence-electron chi connectivity index (χ1n) is 7.22. The molecule has 8 heteroatoms. The topological polar surface area (TPSA) is 67.4 Å². The maximum Gasteiger partial charge on any atom is 0.234 e. The molecule has 2 amide bonds. The van der Waals surface area contributed by atoms with Crippen molar-refractivity contribution >= 4 is 35.0 Å². The van der Waals surface area contributed by atoms with Gasteiger partial charge in [0.05, 0.1) is 18.6 Å². The Morgan fingerprint density at radius 3 is 2.52 bits per heavy atom. The summed E-state index contributed by atoms with van der Waals surface area (Å²) in [6.45, 7) is 1.37. The van der Waals surface area contributed by atoms with Crippen molar-refractivity contribution in [1.29, 1.82) is 0 Å². The average molecular weight is 366 g/mol. The largest absolute Gasteiger partial charge is 0.495 e. The molecular weight excluding hydrogens is 350 g/mol. The molecule has 132 valence electrons. The van der Waals surface area contributed by atoms with Crippen molar-refractivity contribution in [3.63, 3.8) is 0 Å². The number of thioether (sulfide) groups is 1. The van der Waals surface area contributed by atoms with Gasteiger partial charge in [0.2, 0.25) is 11.8 Å². The third kappa shape index (κ3) is 5.46. The smallest absolute Gasteiger partial charge is 0.234 e. The number of nitrogens with one attached hydrogen (secondary N) is 2. The van der Waals surface area contributed by atoms with E-state index in [1.165, 1.54) is 20.1 Å². The minimum atomic E-state index is -0.719. The number of amides is 2. The molecular formula is C17H16F2N2O3S. The molecule has 0 radical (unpaired) electrons. The minimum Gasteiger partial charge on any atom is -0.495 e. The zero-order valence-corrected chi connectivity index (χ0v) is 14.4. The van der Waals surface area contributed by atoms with E-state index in [4.69, 9.17) is 4.74 Å². The molecule has 0 aliphatic heterocycles. The molecule has 0 bridgehead atoms. The fraction of sp³-hybridized carbons (Fsp3) is 0.176. The van der Waals surface area contributed by atoms with Crippen LogP contribution in [0, 0.1) is 11.6 Å². The van der Waals surface area contributed by atoms with Gasteiger partial charge in [0, 0.05) is 23.6 Å². The summed E-state index contributed by atoms with van der Waals surface area (Å²) < 4.78 is 31.6. The lowest BCUT2D eigenvalue weighted by Crippen LogP contribution is -2.15. The van der Waals surface area contributed by atoms with Gasteiger partial charge in [0.1, 0.15) is 17.4 Å². The number of carbonyl (C=O) groups excluding carboxylic acids is 2. The molecule has 0 heterocycles. The number of hydrogen-bond donors (Lipinski definition) is 2. The van der Waals surface area contributed by atoms with E-state index in [0.717, 1.165) is 23.9 Å². The molecule has 0 saturated carbocycles. The van der Waals surface area contributed by atoms with Crippen LogP contribution in [0.2, 0.25) is 0 Å². The summed E-state index contributed by atoms with van der Waals surface area (Å²) in [5, 5.41) is 5.25. The highest BCUT2D eigenvalue weighted by atomic mass is 32.2. The van der Waals surface area contributed by atoms with Gasteiger partial charge in [-0.15, -0.1) is 11.8 Å². The van der Waals surface area contributed by atoms with Crippen LogP contribution in [0.3, 0.4) is 0 Å². The number of methoxy groups -OCH3 is 1. The first-order chi connectivity index (χ1) is 11.9. The van der Waals surface area contributed by atoms with Crippen LogP contribution in [0.4, 0.5) is 20.2 Å².